The molecule has 1 saturated heterocycles. The topological polar surface area (TPSA) is 65.5 Å². The van der Waals surface area contributed by atoms with Crippen LogP contribution in [0.15, 0.2) is 35.2 Å². The zero-order valence-electron chi connectivity index (χ0n) is 17.3. The van der Waals surface area contributed by atoms with Gasteiger partial charge >= 0.3 is 0 Å². The summed E-state index contributed by atoms with van der Waals surface area (Å²) in [5, 5.41) is 14.0. The number of fused-ring (bicyclic) bond motifs is 1. The van der Waals surface area contributed by atoms with Crippen molar-refractivity contribution in [2.75, 3.05) is 35.7 Å². The van der Waals surface area contributed by atoms with Crippen LogP contribution < -0.4 is 10.2 Å². The third-order valence-electron chi connectivity index (χ3n) is 6.98. The molecule has 3 aliphatic rings. The van der Waals surface area contributed by atoms with E-state index in [-0.39, 0.29) is 24.6 Å². The number of alkyl halides is 1. The minimum atomic E-state index is -1.09. The third-order valence-corrected chi connectivity index (χ3v) is 8.72. The summed E-state index contributed by atoms with van der Waals surface area (Å²) in [6, 6.07) is 9.43. The molecule has 5 rings (SSSR count). The van der Waals surface area contributed by atoms with Gasteiger partial charge in [0.2, 0.25) is 0 Å². The van der Waals surface area contributed by atoms with Gasteiger partial charge in [-0.25, -0.2) is 9.37 Å². The van der Waals surface area contributed by atoms with Crippen LogP contribution >= 0.6 is 11.6 Å². The van der Waals surface area contributed by atoms with Crippen LogP contribution in [-0.2, 0) is 17.2 Å². The first-order valence-corrected chi connectivity index (χ1v) is 12.6. The summed E-state index contributed by atoms with van der Waals surface area (Å²) in [7, 11) is -1.09. The number of pyridine rings is 1. The van der Waals surface area contributed by atoms with Crippen molar-refractivity contribution < 1.29 is 13.7 Å². The molecule has 2 fully saturated rings. The van der Waals surface area contributed by atoms with Gasteiger partial charge in [0.15, 0.2) is 0 Å². The molecule has 3 heterocycles. The van der Waals surface area contributed by atoms with Crippen molar-refractivity contribution in [3.05, 3.63) is 46.5 Å². The quantitative estimate of drug-likeness (QED) is 0.700. The molecule has 0 bridgehead atoms. The summed E-state index contributed by atoms with van der Waals surface area (Å²) in [5.74, 6) is 1.77. The van der Waals surface area contributed by atoms with Crippen LogP contribution in [0.4, 0.5) is 16.0 Å². The molecule has 8 heteroatoms. The number of piperidine rings is 1. The number of nitrogens with one attached hydrogen (secondary N) is 1. The van der Waals surface area contributed by atoms with E-state index in [1.54, 1.807) is 0 Å². The molecule has 0 amide bonds. The molecule has 31 heavy (non-hydrogen) atoms. The molecule has 0 radical (unpaired) electrons. The SMILES string of the molecule is O=[S@]1CCc2cc(N3CCC(c4ccc(Cl)cc4)C(F)C3)nc(NC3(CO)CCC3)c21. The minimum Gasteiger partial charge on any atom is -0.394 e. The summed E-state index contributed by atoms with van der Waals surface area (Å²) in [6.07, 6.45) is 3.22. The number of hydrogen-bond acceptors (Lipinski definition) is 5. The predicted molar refractivity (Wildman–Crippen MR) is 122 cm³/mol. The smallest absolute Gasteiger partial charge is 0.145 e. The second kappa shape index (κ2) is 8.34. The average Bonchev–Trinajstić information content (AvgIpc) is 3.12. The molecule has 2 unspecified atom stereocenters. The van der Waals surface area contributed by atoms with E-state index in [2.05, 4.69) is 5.32 Å². The second-order valence-electron chi connectivity index (χ2n) is 8.94. The molecule has 2 N–H and O–H groups in total. The molecule has 1 aromatic carbocycles. The van der Waals surface area contributed by atoms with E-state index in [1.807, 2.05) is 35.2 Å². The summed E-state index contributed by atoms with van der Waals surface area (Å²) in [6.45, 7) is 0.999. The molecule has 1 aliphatic carbocycles. The van der Waals surface area contributed by atoms with Crippen molar-refractivity contribution >= 4 is 34.0 Å². The zero-order chi connectivity index (χ0) is 21.6. The highest BCUT2D eigenvalue weighted by Crippen LogP contribution is 2.40. The van der Waals surface area contributed by atoms with Gasteiger partial charge in [0.05, 0.1) is 34.4 Å². The number of aliphatic hydroxyl groups is 1. The van der Waals surface area contributed by atoms with E-state index >= 15 is 4.39 Å². The van der Waals surface area contributed by atoms with Gasteiger partial charge in [-0.1, -0.05) is 23.7 Å². The Bertz CT molecular complexity index is 994. The van der Waals surface area contributed by atoms with Crippen molar-refractivity contribution in [1.82, 2.24) is 4.98 Å². The van der Waals surface area contributed by atoms with Gasteiger partial charge in [0.1, 0.15) is 17.8 Å². The van der Waals surface area contributed by atoms with Crippen LogP contribution in [-0.4, -0.2) is 51.5 Å². The predicted octanol–water partition coefficient (Wildman–Crippen LogP) is 4.06. The largest absolute Gasteiger partial charge is 0.394 e. The van der Waals surface area contributed by atoms with E-state index in [0.29, 0.717) is 29.6 Å². The first-order valence-electron chi connectivity index (χ1n) is 10.9. The number of aromatic nitrogens is 1. The Morgan fingerprint density at radius 3 is 2.74 bits per heavy atom. The highest BCUT2D eigenvalue weighted by Gasteiger charge is 2.39. The maximum Gasteiger partial charge on any atom is 0.145 e. The second-order valence-corrected chi connectivity index (χ2v) is 10.9. The standard InChI is InChI=1S/C23H27ClFN3O2S/c24-17-4-2-15(3-5-17)18-6-10-28(13-19(18)25)20-12-16-7-11-31(30)21(16)22(26-20)27-23(14-29)8-1-9-23/h2-5,12,18-19,29H,1,6-11,13-14H2,(H,26,27)/t18?,19?,31-/m0/s1. The number of halogens is 2. The lowest BCUT2D eigenvalue weighted by Gasteiger charge is -2.42. The number of nitrogens with zero attached hydrogens (tertiary/aromatic N) is 2. The first-order chi connectivity index (χ1) is 15.0. The first kappa shape index (κ1) is 21.2. The van der Waals surface area contributed by atoms with Crippen LogP contribution in [0.2, 0.25) is 5.02 Å². The number of rotatable bonds is 5. The molecule has 1 saturated carbocycles. The van der Waals surface area contributed by atoms with Crippen LogP contribution in [0.25, 0.3) is 0 Å². The molecular formula is C23H27ClFN3O2S. The zero-order valence-corrected chi connectivity index (χ0v) is 18.9. The summed E-state index contributed by atoms with van der Waals surface area (Å²) < 4.78 is 27.8. The van der Waals surface area contributed by atoms with Crippen molar-refractivity contribution in [1.29, 1.82) is 0 Å². The Hall–Kier alpha value is -1.70. The number of aliphatic hydroxyl groups excluding tert-OH is 1. The van der Waals surface area contributed by atoms with Gasteiger partial charge in [-0.2, -0.15) is 0 Å². The van der Waals surface area contributed by atoms with Gasteiger partial charge in [-0.05, 0) is 61.4 Å². The number of anilines is 2. The van der Waals surface area contributed by atoms with E-state index < -0.39 is 17.0 Å². The third kappa shape index (κ3) is 3.96. The molecular weight excluding hydrogens is 437 g/mol. The highest BCUT2D eigenvalue weighted by molar-refractivity contribution is 7.85. The highest BCUT2D eigenvalue weighted by atomic mass is 35.5. The molecule has 2 aromatic rings. The van der Waals surface area contributed by atoms with Crippen LogP contribution in [0.1, 0.15) is 42.7 Å². The van der Waals surface area contributed by atoms with Gasteiger partial charge in [-0.15, -0.1) is 0 Å². The summed E-state index contributed by atoms with van der Waals surface area (Å²) in [4.78, 5) is 7.56. The fourth-order valence-corrected chi connectivity index (χ4v) is 6.44. The molecule has 3 atom stereocenters. The van der Waals surface area contributed by atoms with Gasteiger partial charge < -0.3 is 15.3 Å². The Morgan fingerprint density at radius 1 is 1.32 bits per heavy atom. The van der Waals surface area contributed by atoms with E-state index in [1.165, 1.54) is 0 Å². The number of hydrogen-bond donors (Lipinski definition) is 2. The Kier molecular flexibility index (Phi) is 5.69. The molecule has 2 aliphatic heterocycles. The average molecular weight is 464 g/mol. The normalized spacial score (nSPS) is 26.9. The Labute approximate surface area is 189 Å². The van der Waals surface area contributed by atoms with Gasteiger partial charge in [0.25, 0.3) is 0 Å². The fraction of sp³-hybridized carbons (Fsp3) is 0.522. The minimum absolute atomic E-state index is 0.0271. The maximum atomic E-state index is 15.2. The van der Waals surface area contributed by atoms with Crippen molar-refractivity contribution in [3.63, 3.8) is 0 Å². The molecule has 0 spiro atoms. The maximum absolute atomic E-state index is 15.2. The summed E-state index contributed by atoms with van der Waals surface area (Å²) >= 11 is 5.98. The fourth-order valence-electron chi connectivity index (χ4n) is 4.94. The van der Waals surface area contributed by atoms with E-state index in [9.17, 15) is 9.32 Å². The van der Waals surface area contributed by atoms with Crippen molar-refractivity contribution in [2.24, 2.45) is 0 Å². The number of benzene rings is 1. The van der Waals surface area contributed by atoms with Crippen LogP contribution in [0.5, 0.6) is 0 Å². The number of aryl methyl sites for hydroxylation is 1. The lowest BCUT2D eigenvalue weighted by molar-refractivity contribution is 0.143. The van der Waals surface area contributed by atoms with Gasteiger partial charge in [0, 0.05) is 23.2 Å². The monoisotopic (exact) mass is 463 g/mol. The van der Waals surface area contributed by atoms with E-state index in [0.717, 1.165) is 47.5 Å². The van der Waals surface area contributed by atoms with Crippen LogP contribution in [0, 0.1) is 0 Å². The summed E-state index contributed by atoms with van der Waals surface area (Å²) in [5.41, 5.74) is 1.62. The lowest BCUT2D eigenvalue weighted by atomic mass is 9.77. The Morgan fingerprint density at radius 2 is 2.10 bits per heavy atom. The Balaban J connectivity index is 1.40. The molecule has 5 nitrogen and oxygen atoms in total. The molecule has 1 aromatic heterocycles. The van der Waals surface area contributed by atoms with Crippen LogP contribution in [0.3, 0.4) is 0 Å². The van der Waals surface area contributed by atoms with Gasteiger partial charge in [-0.3, -0.25) is 4.21 Å². The lowest BCUT2D eigenvalue weighted by Crippen LogP contribution is -2.49. The van der Waals surface area contributed by atoms with Crippen molar-refractivity contribution in [3.8, 4) is 0 Å². The van der Waals surface area contributed by atoms with E-state index in [4.69, 9.17) is 16.6 Å². The molecule has 166 valence electrons. The van der Waals surface area contributed by atoms with Crippen molar-refractivity contribution in [2.45, 2.75) is 54.6 Å².